The van der Waals surface area contributed by atoms with E-state index < -0.39 is 0 Å². The summed E-state index contributed by atoms with van der Waals surface area (Å²) in [6, 6.07) is 19.1. The average molecular weight is 613 g/mol. The van der Waals surface area contributed by atoms with E-state index in [9.17, 15) is 4.79 Å². The molecule has 0 saturated heterocycles. The minimum atomic E-state index is -0.172. The molecule has 3 aromatic carbocycles. The second-order valence-corrected chi connectivity index (χ2v) is 9.89. The first-order valence-electron chi connectivity index (χ1n) is 9.84. The van der Waals surface area contributed by atoms with Gasteiger partial charge in [0.05, 0.1) is 23.5 Å². The zero-order chi connectivity index (χ0) is 23.6. The largest absolute Gasteiger partial charge is 0.493 e. The Morgan fingerprint density at radius 2 is 1.82 bits per heavy atom. The molecule has 3 aromatic rings. The molecular weight excluding hydrogens is 592 g/mol. The molecule has 9 heteroatoms. The van der Waals surface area contributed by atoms with Gasteiger partial charge in [0.2, 0.25) is 5.91 Å². The van der Waals surface area contributed by atoms with Gasteiger partial charge in [0.15, 0.2) is 11.5 Å². The zero-order valence-corrected chi connectivity index (χ0v) is 22.4. The van der Waals surface area contributed by atoms with Crippen LogP contribution in [0.5, 0.6) is 11.5 Å². The molecule has 0 spiro atoms. The highest BCUT2D eigenvalue weighted by atomic mass is 79.9. The van der Waals surface area contributed by atoms with Crippen LogP contribution in [0.2, 0.25) is 5.02 Å². The minimum Gasteiger partial charge on any atom is -0.493 e. The summed E-state index contributed by atoms with van der Waals surface area (Å²) in [4.78, 5) is 12.1. The maximum absolute atomic E-state index is 12.1. The quantitative estimate of drug-likeness (QED) is 0.201. The molecule has 5 nitrogen and oxygen atoms in total. The molecule has 33 heavy (non-hydrogen) atoms. The van der Waals surface area contributed by atoms with E-state index in [2.05, 4.69) is 42.4 Å². The number of hydrogen-bond donors (Lipinski definition) is 1. The van der Waals surface area contributed by atoms with Gasteiger partial charge in [-0.2, -0.15) is 5.10 Å². The number of hydrogen-bond acceptors (Lipinski definition) is 5. The maximum atomic E-state index is 12.1. The molecule has 0 bridgehead atoms. The van der Waals surface area contributed by atoms with E-state index >= 15 is 0 Å². The lowest BCUT2D eigenvalue weighted by atomic mass is 10.2. The molecular formula is C24H21Br2ClN2O3S. The van der Waals surface area contributed by atoms with Crippen LogP contribution in [0.1, 0.15) is 16.7 Å². The monoisotopic (exact) mass is 610 g/mol. The van der Waals surface area contributed by atoms with Crippen LogP contribution in [0.4, 0.5) is 0 Å². The standard InChI is InChI=1S/C24H21Br2ClN2O3S/c1-31-22-11-16(10-20(26)24(22)32-13-17-6-3-5-9-21(17)27)12-28-29-23(30)15-33-14-18-7-2-4-8-19(18)25/h2-12H,13-15H2,1H3,(H,29,30)/b28-12-. The lowest BCUT2D eigenvalue weighted by Gasteiger charge is -2.14. The molecule has 1 amide bonds. The van der Waals surface area contributed by atoms with Crippen LogP contribution in [0.25, 0.3) is 0 Å². The molecule has 0 fully saturated rings. The number of rotatable bonds is 10. The molecule has 0 radical (unpaired) electrons. The first-order chi connectivity index (χ1) is 16.0. The van der Waals surface area contributed by atoms with Gasteiger partial charge in [0.25, 0.3) is 0 Å². The van der Waals surface area contributed by atoms with E-state index in [0.29, 0.717) is 33.4 Å². The smallest absolute Gasteiger partial charge is 0.250 e. The molecule has 0 saturated carbocycles. The van der Waals surface area contributed by atoms with E-state index in [-0.39, 0.29) is 5.91 Å². The zero-order valence-electron chi connectivity index (χ0n) is 17.7. The Hall–Kier alpha value is -2.00. The third-order valence-corrected chi connectivity index (χ3v) is 7.15. The van der Waals surface area contributed by atoms with Crippen molar-refractivity contribution in [1.29, 1.82) is 0 Å². The third-order valence-electron chi connectivity index (χ3n) is 4.43. The van der Waals surface area contributed by atoms with Gasteiger partial charge >= 0.3 is 0 Å². The van der Waals surface area contributed by atoms with E-state index in [4.69, 9.17) is 21.1 Å². The van der Waals surface area contributed by atoms with E-state index in [1.165, 1.54) is 11.8 Å². The summed E-state index contributed by atoms with van der Waals surface area (Å²) in [5.74, 6) is 1.96. The molecule has 1 N–H and O–H groups in total. The van der Waals surface area contributed by atoms with Crippen molar-refractivity contribution in [3.8, 4) is 11.5 Å². The van der Waals surface area contributed by atoms with Gasteiger partial charge in [-0.25, -0.2) is 5.43 Å². The van der Waals surface area contributed by atoms with Crippen LogP contribution < -0.4 is 14.9 Å². The number of thioether (sulfide) groups is 1. The van der Waals surface area contributed by atoms with Crippen molar-refractivity contribution in [2.75, 3.05) is 12.9 Å². The highest BCUT2D eigenvalue weighted by Crippen LogP contribution is 2.37. The van der Waals surface area contributed by atoms with Gasteiger partial charge < -0.3 is 9.47 Å². The van der Waals surface area contributed by atoms with E-state index in [1.54, 1.807) is 19.4 Å². The third kappa shape index (κ3) is 7.78. The van der Waals surface area contributed by atoms with Gasteiger partial charge in [-0.3, -0.25) is 4.79 Å². The first-order valence-corrected chi connectivity index (χ1v) is 13.0. The van der Waals surface area contributed by atoms with Crippen molar-refractivity contribution in [2.24, 2.45) is 5.10 Å². The normalized spacial score (nSPS) is 10.9. The number of ether oxygens (including phenoxy) is 2. The summed E-state index contributed by atoms with van der Waals surface area (Å²) < 4.78 is 13.1. The second kappa shape index (κ2) is 13.0. The maximum Gasteiger partial charge on any atom is 0.250 e. The number of hydrazone groups is 1. The summed E-state index contributed by atoms with van der Waals surface area (Å²) in [7, 11) is 1.56. The van der Waals surface area contributed by atoms with Gasteiger partial charge in [-0.1, -0.05) is 63.9 Å². The highest BCUT2D eigenvalue weighted by Gasteiger charge is 2.12. The van der Waals surface area contributed by atoms with Crippen molar-refractivity contribution in [3.05, 3.63) is 91.3 Å². The number of methoxy groups -OCH3 is 1. The number of amides is 1. The van der Waals surface area contributed by atoms with Crippen molar-refractivity contribution in [1.82, 2.24) is 5.43 Å². The van der Waals surface area contributed by atoms with Crippen LogP contribution in [-0.4, -0.2) is 25.0 Å². The number of nitrogens with zero attached hydrogens (tertiary/aromatic N) is 1. The molecule has 0 atom stereocenters. The predicted octanol–water partition coefficient (Wildman–Crippen LogP) is 6.84. The van der Waals surface area contributed by atoms with Crippen molar-refractivity contribution in [2.45, 2.75) is 12.4 Å². The lowest BCUT2D eigenvalue weighted by Crippen LogP contribution is -2.19. The van der Waals surface area contributed by atoms with Crippen LogP contribution in [0.3, 0.4) is 0 Å². The second-order valence-electron chi connectivity index (χ2n) is 6.79. The van der Waals surface area contributed by atoms with Crippen LogP contribution >= 0.6 is 55.2 Å². The molecule has 0 aliphatic heterocycles. The van der Waals surface area contributed by atoms with E-state index in [0.717, 1.165) is 26.9 Å². The fraction of sp³-hybridized carbons (Fsp3) is 0.167. The molecule has 0 heterocycles. The van der Waals surface area contributed by atoms with Crippen LogP contribution in [-0.2, 0) is 17.2 Å². The van der Waals surface area contributed by atoms with E-state index in [1.807, 2.05) is 54.6 Å². The average Bonchev–Trinajstić information content (AvgIpc) is 2.80. The van der Waals surface area contributed by atoms with Gasteiger partial charge in [0.1, 0.15) is 6.61 Å². The van der Waals surface area contributed by atoms with Gasteiger partial charge in [-0.15, -0.1) is 11.8 Å². The SMILES string of the molecule is COc1cc(/C=N\NC(=O)CSCc2ccccc2Br)cc(Br)c1OCc1ccccc1Cl. The number of halogens is 3. The molecule has 0 aliphatic rings. The number of carbonyl (C=O) groups is 1. The fourth-order valence-electron chi connectivity index (χ4n) is 2.80. The molecule has 0 unspecified atom stereocenters. The van der Waals surface area contributed by atoms with Crippen LogP contribution in [0.15, 0.2) is 74.7 Å². The summed E-state index contributed by atoms with van der Waals surface area (Å²) >= 11 is 14.8. The minimum absolute atomic E-state index is 0.172. The molecule has 3 rings (SSSR count). The Morgan fingerprint density at radius 3 is 2.55 bits per heavy atom. The van der Waals surface area contributed by atoms with Gasteiger partial charge in [-0.05, 0) is 51.3 Å². The highest BCUT2D eigenvalue weighted by molar-refractivity contribution is 9.10. The Kier molecular flexibility index (Phi) is 10.1. The van der Waals surface area contributed by atoms with Gasteiger partial charge in [0, 0.05) is 20.8 Å². The van der Waals surface area contributed by atoms with Crippen molar-refractivity contribution in [3.63, 3.8) is 0 Å². The van der Waals surface area contributed by atoms with Crippen molar-refractivity contribution >= 4 is 67.3 Å². The predicted molar refractivity (Wildman–Crippen MR) is 143 cm³/mol. The summed E-state index contributed by atoms with van der Waals surface area (Å²) in [6.07, 6.45) is 1.56. The number of nitrogens with one attached hydrogen (secondary N) is 1. The molecule has 172 valence electrons. The topological polar surface area (TPSA) is 59.9 Å². The lowest BCUT2D eigenvalue weighted by molar-refractivity contribution is -0.118. The summed E-state index contributed by atoms with van der Waals surface area (Å²) in [5.41, 5.74) is 5.31. The summed E-state index contributed by atoms with van der Waals surface area (Å²) in [5, 5.41) is 4.69. The Balaban J connectivity index is 1.54. The molecule has 0 aromatic heterocycles. The summed E-state index contributed by atoms with van der Waals surface area (Å²) in [6.45, 7) is 0.301. The first kappa shape index (κ1) is 25.6. The van der Waals surface area contributed by atoms with Crippen LogP contribution in [0, 0.1) is 0 Å². The Labute approximate surface area is 219 Å². The number of carbonyl (C=O) groups excluding carboxylic acids is 1. The Bertz CT molecular complexity index is 1140. The fourth-order valence-corrected chi connectivity index (χ4v) is 5.00. The van der Waals surface area contributed by atoms with Crippen molar-refractivity contribution < 1.29 is 14.3 Å². The molecule has 0 aliphatic carbocycles. The Morgan fingerprint density at radius 1 is 1.09 bits per heavy atom. The number of benzene rings is 3.